The lowest BCUT2D eigenvalue weighted by Crippen LogP contribution is -2.40. The quantitative estimate of drug-likeness (QED) is 0.727. The summed E-state index contributed by atoms with van der Waals surface area (Å²) in [6, 6.07) is 8.83. The SMILES string of the molecule is CCn1c(=O)n(Cc2ccc3c(c2)OCO3)c(=O)c2ncccc21. The van der Waals surface area contributed by atoms with Crippen molar-refractivity contribution in [1.82, 2.24) is 14.1 Å². The summed E-state index contributed by atoms with van der Waals surface area (Å²) in [5, 5.41) is 0. The van der Waals surface area contributed by atoms with Gasteiger partial charge in [-0.05, 0) is 36.8 Å². The van der Waals surface area contributed by atoms with E-state index in [0.717, 1.165) is 5.56 Å². The smallest absolute Gasteiger partial charge is 0.331 e. The fourth-order valence-electron chi connectivity index (χ4n) is 2.91. The highest BCUT2D eigenvalue weighted by Crippen LogP contribution is 2.32. The molecule has 3 aromatic rings. The first-order valence-electron chi connectivity index (χ1n) is 7.66. The Balaban J connectivity index is 1.88. The standard InChI is InChI=1S/C17H15N3O4/c1-2-19-12-4-3-7-18-15(12)16(21)20(17(19)22)9-11-5-6-13-14(8-11)24-10-23-13/h3-8H,2,9-10H2,1H3. The molecule has 7 nitrogen and oxygen atoms in total. The van der Waals surface area contributed by atoms with Gasteiger partial charge in [0, 0.05) is 12.7 Å². The third-order valence-electron chi connectivity index (χ3n) is 4.08. The highest BCUT2D eigenvalue weighted by Gasteiger charge is 2.16. The monoisotopic (exact) mass is 325 g/mol. The van der Waals surface area contributed by atoms with E-state index in [0.29, 0.717) is 29.1 Å². The first-order chi connectivity index (χ1) is 11.7. The van der Waals surface area contributed by atoms with Gasteiger partial charge in [-0.3, -0.25) is 13.9 Å². The molecule has 0 bridgehead atoms. The minimum atomic E-state index is -0.391. The van der Waals surface area contributed by atoms with Crippen molar-refractivity contribution in [3.8, 4) is 11.5 Å². The fraction of sp³-hybridized carbons (Fsp3) is 0.235. The average Bonchev–Trinajstić information content (AvgIpc) is 3.07. The maximum atomic E-state index is 12.7. The number of rotatable bonds is 3. The summed E-state index contributed by atoms with van der Waals surface area (Å²) in [5.41, 5.74) is 0.895. The largest absolute Gasteiger partial charge is 0.454 e. The molecule has 0 aliphatic carbocycles. The van der Waals surface area contributed by atoms with Crippen LogP contribution in [0.5, 0.6) is 11.5 Å². The van der Waals surface area contributed by atoms with Gasteiger partial charge in [-0.2, -0.15) is 0 Å². The van der Waals surface area contributed by atoms with Crippen molar-refractivity contribution in [1.29, 1.82) is 0 Å². The van der Waals surface area contributed by atoms with Crippen molar-refractivity contribution in [2.75, 3.05) is 6.79 Å². The molecule has 1 aliphatic rings. The van der Waals surface area contributed by atoms with Gasteiger partial charge in [0.2, 0.25) is 6.79 Å². The van der Waals surface area contributed by atoms with Crippen LogP contribution in [0.4, 0.5) is 0 Å². The molecule has 2 aromatic heterocycles. The van der Waals surface area contributed by atoms with E-state index >= 15 is 0 Å². The Morgan fingerprint density at radius 2 is 1.96 bits per heavy atom. The summed E-state index contributed by atoms with van der Waals surface area (Å²) in [6.45, 7) is 2.66. The summed E-state index contributed by atoms with van der Waals surface area (Å²) >= 11 is 0. The minimum Gasteiger partial charge on any atom is -0.454 e. The van der Waals surface area contributed by atoms with Crippen molar-refractivity contribution in [2.24, 2.45) is 0 Å². The van der Waals surface area contributed by atoms with E-state index in [9.17, 15) is 9.59 Å². The number of hydrogen-bond donors (Lipinski definition) is 0. The molecule has 0 atom stereocenters. The van der Waals surface area contributed by atoms with Crippen molar-refractivity contribution in [3.05, 3.63) is 62.9 Å². The minimum absolute atomic E-state index is 0.154. The maximum absolute atomic E-state index is 12.7. The van der Waals surface area contributed by atoms with Gasteiger partial charge >= 0.3 is 5.69 Å². The molecule has 0 amide bonds. The highest BCUT2D eigenvalue weighted by molar-refractivity contribution is 5.73. The molecular formula is C17H15N3O4. The summed E-state index contributed by atoms with van der Waals surface area (Å²) in [5.74, 6) is 1.28. The topological polar surface area (TPSA) is 75.3 Å². The fourth-order valence-corrected chi connectivity index (χ4v) is 2.91. The molecule has 1 aliphatic heterocycles. The van der Waals surface area contributed by atoms with Gasteiger partial charge in [-0.1, -0.05) is 6.07 Å². The third kappa shape index (κ3) is 2.17. The first-order valence-corrected chi connectivity index (χ1v) is 7.66. The highest BCUT2D eigenvalue weighted by atomic mass is 16.7. The predicted octanol–water partition coefficient (Wildman–Crippen LogP) is 1.36. The van der Waals surface area contributed by atoms with Crippen LogP contribution in [0.1, 0.15) is 12.5 Å². The number of aromatic nitrogens is 3. The number of pyridine rings is 1. The number of nitrogens with zero attached hydrogens (tertiary/aromatic N) is 3. The zero-order valence-electron chi connectivity index (χ0n) is 13.1. The number of fused-ring (bicyclic) bond motifs is 2. The number of hydrogen-bond acceptors (Lipinski definition) is 5. The number of benzene rings is 1. The Morgan fingerprint density at radius 3 is 2.79 bits per heavy atom. The van der Waals surface area contributed by atoms with E-state index in [1.165, 1.54) is 4.57 Å². The van der Waals surface area contributed by atoms with Crippen LogP contribution in [0, 0.1) is 0 Å². The van der Waals surface area contributed by atoms with Crippen LogP contribution in [0.25, 0.3) is 11.0 Å². The summed E-state index contributed by atoms with van der Waals surface area (Å²) < 4.78 is 13.4. The van der Waals surface area contributed by atoms with Crippen molar-refractivity contribution in [3.63, 3.8) is 0 Å². The Hall–Kier alpha value is -3.09. The Bertz CT molecular complexity index is 1050. The second-order valence-electron chi connectivity index (χ2n) is 5.48. The average molecular weight is 325 g/mol. The molecule has 4 rings (SSSR count). The van der Waals surface area contributed by atoms with E-state index < -0.39 is 5.56 Å². The second-order valence-corrected chi connectivity index (χ2v) is 5.48. The predicted molar refractivity (Wildman–Crippen MR) is 87.6 cm³/mol. The lowest BCUT2D eigenvalue weighted by Gasteiger charge is -2.12. The van der Waals surface area contributed by atoms with Gasteiger partial charge in [-0.25, -0.2) is 9.78 Å². The first kappa shape index (κ1) is 14.5. The Kier molecular flexibility index (Phi) is 3.34. The summed E-state index contributed by atoms with van der Waals surface area (Å²) in [7, 11) is 0. The van der Waals surface area contributed by atoms with Crippen LogP contribution in [0.3, 0.4) is 0 Å². The van der Waals surface area contributed by atoms with E-state index in [4.69, 9.17) is 9.47 Å². The molecule has 0 spiro atoms. The summed E-state index contributed by atoms with van der Waals surface area (Å²) in [6.07, 6.45) is 1.55. The molecule has 0 fully saturated rings. The molecule has 7 heteroatoms. The van der Waals surface area contributed by atoms with Gasteiger partial charge in [-0.15, -0.1) is 0 Å². The molecule has 0 saturated carbocycles. The molecule has 0 N–H and O–H groups in total. The maximum Gasteiger partial charge on any atom is 0.331 e. The third-order valence-corrected chi connectivity index (χ3v) is 4.08. The second kappa shape index (κ2) is 5.52. The van der Waals surface area contributed by atoms with Crippen molar-refractivity contribution in [2.45, 2.75) is 20.0 Å². The zero-order chi connectivity index (χ0) is 16.7. The van der Waals surface area contributed by atoms with Gasteiger partial charge in [0.15, 0.2) is 17.0 Å². The van der Waals surface area contributed by atoms with Crippen LogP contribution in [0.15, 0.2) is 46.1 Å². The lowest BCUT2D eigenvalue weighted by atomic mass is 10.2. The number of ether oxygens (including phenoxy) is 2. The number of aryl methyl sites for hydroxylation is 1. The van der Waals surface area contributed by atoms with Crippen LogP contribution < -0.4 is 20.7 Å². The molecule has 122 valence electrons. The van der Waals surface area contributed by atoms with Gasteiger partial charge < -0.3 is 9.47 Å². The molecular weight excluding hydrogens is 310 g/mol. The molecule has 3 heterocycles. The van der Waals surface area contributed by atoms with Crippen LogP contribution in [-0.4, -0.2) is 20.9 Å². The van der Waals surface area contributed by atoms with Gasteiger partial charge in [0.05, 0.1) is 12.1 Å². The van der Waals surface area contributed by atoms with E-state index in [1.54, 1.807) is 35.0 Å². The van der Waals surface area contributed by atoms with Crippen LogP contribution >= 0.6 is 0 Å². The Labute approximate surface area is 136 Å². The van der Waals surface area contributed by atoms with Gasteiger partial charge in [0.25, 0.3) is 5.56 Å². The van der Waals surface area contributed by atoms with E-state index in [1.807, 2.05) is 13.0 Å². The molecule has 0 radical (unpaired) electrons. The van der Waals surface area contributed by atoms with Crippen molar-refractivity contribution < 1.29 is 9.47 Å². The molecule has 0 saturated heterocycles. The molecule has 24 heavy (non-hydrogen) atoms. The van der Waals surface area contributed by atoms with Crippen LogP contribution in [-0.2, 0) is 13.1 Å². The summed E-state index contributed by atoms with van der Waals surface area (Å²) in [4.78, 5) is 29.6. The van der Waals surface area contributed by atoms with Crippen molar-refractivity contribution >= 4 is 11.0 Å². The zero-order valence-corrected chi connectivity index (χ0v) is 13.1. The van der Waals surface area contributed by atoms with E-state index in [-0.39, 0.29) is 19.0 Å². The molecule has 1 aromatic carbocycles. The van der Waals surface area contributed by atoms with Gasteiger partial charge in [0.1, 0.15) is 0 Å². The lowest BCUT2D eigenvalue weighted by molar-refractivity contribution is 0.174. The Morgan fingerprint density at radius 1 is 1.12 bits per heavy atom. The van der Waals surface area contributed by atoms with E-state index in [2.05, 4.69) is 4.98 Å². The normalized spacial score (nSPS) is 12.7. The molecule has 0 unspecified atom stereocenters. The van der Waals surface area contributed by atoms with Crippen LogP contribution in [0.2, 0.25) is 0 Å².